The lowest BCUT2D eigenvalue weighted by Gasteiger charge is -2.01. The summed E-state index contributed by atoms with van der Waals surface area (Å²) in [5.74, 6) is -1.60. The highest BCUT2D eigenvalue weighted by Crippen LogP contribution is 2.12. The number of carbonyl (C=O) groups is 2. The van der Waals surface area contributed by atoms with E-state index in [2.05, 4.69) is 0 Å². The second-order valence-electron chi connectivity index (χ2n) is 5.59. The SMILES string of the molecule is O=C(O)/C=C/C=C/CCCCCCCCCCCCC(=O)O. The Labute approximate surface area is 133 Å². The largest absolute Gasteiger partial charge is 0.481 e. The summed E-state index contributed by atoms with van der Waals surface area (Å²) in [6, 6.07) is 0. The average molecular weight is 310 g/mol. The molecule has 4 heteroatoms. The Morgan fingerprint density at radius 2 is 1.18 bits per heavy atom. The zero-order valence-electron chi connectivity index (χ0n) is 13.5. The van der Waals surface area contributed by atoms with Crippen molar-refractivity contribution in [1.29, 1.82) is 0 Å². The number of hydrogen-bond acceptors (Lipinski definition) is 2. The number of rotatable bonds is 15. The van der Waals surface area contributed by atoms with Crippen molar-refractivity contribution in [2.24, 2.45) is 0 Å². The standard InChI is InChI=1S/C18H30O4/c19-17(20)15-13-11-9-7-5-3-1-2-4-6-8-10-12-14-16-18(21)22/h9,11,13,15H,1-8,10,12,14,16H2,(H,19,20)(H,21,22)/b11-9+,15-13+. The lowest BCUT2D eigenvalue weighted by Crippen LogP contribution is -1.93. The molecule has 126 valence electrons. The van der Waals surface area contributed by atoms with Crippen LogP contribution < -0.4 is 0 Å². The average Bonchev–Trinajstić information content (AvgIpc) is 2.46. The van der Waals surface area contributed by atoms with Gasteiger partial charge in [-0.3, -0.25) is 4.79 Å². The van der Waals surface area contributed by atoms with Gasteiger partial charge in [0.05, 0.1) is 0 Å². The van der Waals surface area contributed by atoms with E-state index in [9.17, 15) is 9.59 Å². The highest BCUT2D eigenvalue weighted by Gasteiger charge is 1.96. The minimum Gasteiger partial charge on any atom is -0.481 e. The number of carboxylic acid groups (broad SMARTS) is 2. The Hall–Kier alpha value is -1.58. The summed E-state index contributed by atoms with van der Waals surface area (Å²) in [4.78, 5) is 20.5. The van der Waals surface area contributed by atoms with E-state index in [-0.39, 0.29) is 0 Å². The lowest BCUT2D eigenvalue weighted by atomic mass is 10.1. The maximum absolute atomic E-state index is 10.3. The minimum atomic E-state index is -0.911. The maximum atomic E-state index is 10.3. The van der Waals surface area contributed by atoms with E-state index in [0.717, 1.165) is 38.2 Å². The van der Waals surface area contributed by atoms with Crippen molar-refractivity contribution < 1.29 is 19.8 Å². The van der Waals surface area contributed by atoms with Gasteiger partial charge in [-0.1, -0.05) is 69.6 Å². The molecule has 0 aromatic carbocycles. The van der Waals surface area contributed by atoms with Gasteiger partial charge in [0.15, 0.2) is 0 Å². The minimum absolute atomic E-state index is 0.306. The van der Waals surface area contributed by atoms with Crippen LogP contribution in [0.25, 0.3) is 0 Å². The smallest absolute Gasteiger partial charge is 0.328 e. The molecule has 0 aliphatic carbocycles. The summed E-state index contributed by atoms with van der Waals surface area (Å²) >= 11 is 0. The Morgan fingerprint density at radius 1 is 0.682 bits per heavy atom. The first kappa shape index (κ1) is 20.4. The molecule has 0 saturated carbocycles. The van der Waals surface area contributed by atoms with Crippen molar-refractivity contribution in [3.63, 3.8) is 0 Å². The molecule has 0 unspecified atom stereocenters. The molecule has 0 atom stereocenters. The zero-order chi connectivity index (χ0) is 16.5. The normalized spacial score (nSPS) is 11.5. The van der Waals surface area contributed by atoms with Gasteiger partial charge in [-0.15, -0.1) is 0 Å². The Bertz CT molecular complexity index is 345. The summed E-state index contributed by atoms with van der Waals surface area (Å²) in [6.07, 6.45) is 19.5. The first-order chi connectivity index (χ1) is 10.6. The molecule has 0 radical (unpaired) electrons. The van der Waals surface area contributed by atoms with Gasteiger partial charge < -0.3 is 10.2 Å². The first-order valence-electron chi connectivity index (χ1n) is 8.41. The quantitative estimate of drug-likeness (QED) is 0.255. The van der Waals surface area contributed by atoms with Crippen LogP contribution in [0.3, 0.4) is 0 Å². The zero-order valence-corrected chi connectivity index (χ0v) is 13.5. The molecule has 2 N–H and O–H groups in total. The third kappa shape index (κ3) is 18.4. The molecule has 4 nitrogen and oxygen atoms in total. The van der Waals surface area contributed by atoms with E-state index in [1.54, 1.807) is 12.2 Å². The summed E-state index contributed by atoms with van der Waals surface area (Å²) in [5, 5.41) is 16.9. The summed E-state index contributed by atoms with van der Waals surface area (Å²) in [7, 11) is 0. The molecule has 22 heavy (non-hydrogen) atoms. The molecule has 0 rings (SSSR count). The summed E-state index contributed by atoms with van der Waals surface area (Å²) in [5.41, 5.74) is 0. The van der Waals surface area contributed by atoms with Crippen LogP contribution in [0.4, 0.5) is 0 Å². The second kappa shape index (κ2) is 15.8. The van der Waals surface area contributed by atoms with Gasteiger partial charge in [-0.05, 0) is 19.3 Å². The fraction of sp³-hybridized carbons (Fsp3) is 0.667. The number of carboxylic acids is 2. The summed E-state index contributed by atoms with van der Waals surface area (Å²) < 4.78 is 0. The van der Waals surface area contributed by atoms with Crippen molar-refractivity contribution in [1.82, 2.24) is 0 Å². The van der Waals surface area contributed by atoms with E-state index in [1.165, 1.54) is 38.5 Å². The lowest BCUT2D eigenvalue weighted by molar-refractivity contribution is -0.137. The van der Waals surface area contributed by atoms with Gasteiger partial charge in [0.2, 0.25) is 0 Å². The van der Waals surface area contributed by atoms with Crippen LogP contribution in [0.5, 0.6) is 0 Å². The van der Waals surface area contributed by atoms with Crippen LogP contribution in [0.2, 0.25) is 0 Å². The van der Waals surface area contributed by atoms with Crippen LogP contribution >= 0.6 is 0 Å². The van der Waals surface area contributed by atoms with Gasteiger partial charge >= 0.3 is 11.9 Å². The first-order valence-corrected chi connectivity index (χ1v) is 8.41. The molecular formula is C18H30O4. The highest BCUT2D eigenvalue weighted by molar-refractivity contribution is 5.80. The van der Waals surface area contributed by atoms with Crippen LogP contribution in [0.1, 0.15) is 77.0 Å². The number of hydrogen-bond donors (Lipinski definition) is 2. The Balaban J connectivity index is 3.14. The molecule has 0 fully saturated rings. The van der Waals surface area contributed by atoms with Crippen molar-refractivity contribution in [3.05, 3.63) is 24.3 Å². The monoisotopic (exact) mass is 310 g/mol. The Morgan fingerprint density at radius 3 is 1.68 bits per heavy atom. The topological polar surface area (TPSA) is 74.6 Å². The van der Waals surface area contributed by atoms with Crippen LogP contribution in [-0.2, 0) is 9.59 Å². The molecule has 0 bridgehead atoms. The van der Waals surface area contributed by atoms with E-state index >= 15 is 0 Å². The van der Waals surface area contributed by atoms with Gasteiger partial charge in [-0.2, -0.15) is 0 Å². The van der Waals surface area contributed by atoms with Crippen LogP contribution in [-0.4, -0.2) is 22.2 Å². The number of allylic oxidation sites excluding steroid dienone is 3. The molecule has 0 aromatic heterocycles. The fourth-order valence-corrected chi connectivity index (χ4v) is 2.27. The number of aliphatic carboxylic acids is 2. The van der Waals surface area contributed by atoms with Gasteiger partial charge in [0.25, 0.3) is 0 Å². The molecule has 0 amide bonds. The molecule has 0 aliphatic heterocycles. The fourth-order valence-electron chi connectivity index (χ4n) is 2.27. The van der Waals surface area contributed by atoms with E-state index in [0.29, 0.717) is 6.42 Å². The van der Waals surface area contributed by atoms with Crippen LogP contribution in [0.15, 0.2) is 24.3 Å². The molecular weight excluding hydrogens is 280 g/mol. The molecule has 0 saturated heterocycles. The highest BCUT2D eigenvalue weighted by atomic mass is 16.4. The third-order valence-corrected chi connectivity index (χ3v) is 3.50. The summed E-state index contributed by atoms with van der Waals surface area (Å²) in [6.45, 7) is 0. The molecule has 0 aromatic rings. The van der Waals surface area contributed by atoms with E-state index in [4.69, 9.17) is 10.2 Å². The predicted octanol–water partition coefficient (Wildman–Crippen LogP) is 4.95. The van der Waals surface area contributed by atoms with Gasteiger partial charge in [0, 0.05) is 12.5 Å². The third-order valence-electron chi connectivity index (χ3n) is 3.50. The van der Waals surface area contributed by atoms with Crippen LogP contribution in [0, 0.1) is 0 Å². The van der Waals surface area contributed by atoms with E-state index < -0.39 is 11.9 Å². The second-order valence-corrected chi connectivity index (χ2v) is 5.59. The Kier molecular flexibility index (Phi) is 14.7. The van der Waals surface area contributed by atoms with E-state index in [1.807, 2.05) is 6.08 Å². The molecule has 0 spiro atoms. The van der Waals surface area contributed by atoms with Gasteiger partial charge in [-0.25, -0.2) is 4.79 Å². The van der Waals surface area contributed by atoms with Crippen molar-refractivity contribution >= 4 is 11.9 Å². The molecule has 0 heterocycles. The van der Waals surface area contributed by atoms with Crippen molar-refractivity contribution in [2.45, 2.75) is 77.0 Å². The predicted molar refractivity (Wildman–Crippen MR) is 89.0 cm³/mol. The number of unbranched alkanes of at least 4 members (excludes halogenated alkanes) is 10. The van der Waals surface area contributed by atoms with Crippen molar-refractivity contribution in [2.75, 3.05) is 0 Å². The molecule has 0 aliphatic rings. The van der Waals surface area contributed by atoms with Crippen molar-refractivity contribution in [3.8, 4) is 0 Å². The van der Waals surface area contributed by atoms with Gasteiger partial charge in [0.1, 0.15) is 0 Å². The maximum Gasteiger partial charge on any atom is 0.328 e.